The fraction of sp³-hybridized carbons (Fsp3) is 0.750. The number of piperazine rings is 1. The number of rotatable bonds is 4. The zero-order valence-corrected chi connectivity index (χ0v) is 12.1. The minimum atomic E-state index is 0.529. The number of halogens is 1. The molecule has 1 aromatic heterocycles. The first kappa shape index (κ1) is 13.3. The molecule has 0 aliphatic carbocycles. The average molecular weight is 274 g/mol. The molecule has 1 fully saturated rings. The zero-order chi connectivity index (χ0) is 12.3. The highest BCUT2D eigenvalue weighted by Crippen LogP contribution is 2.14. The quantitative estimate of drug-likeness (QED) is 0.783. The van der Waals surface area contributed by atoms with E-state index in [2.05, 4.69) is 34.1 Å². The summed E-state index contributed by atoms with van der Waals surface area (Å²) in [5.74, 6) is 0.529. The van der Waals surface area contributed by atoms with Gasteiger partial charge in [0.15, 0.2) is 0 Å². The molecule has 5 heteroatoms. The van der Waals surface area contributed by atoms with Crippen molar-refractivity contribution in [2.24, 2.45) is 0 Å². The summed E-state index contributed by atoms with van der Waals surface area (Å²) in [5, 5.41) is 3.28. The smallest absolute Gasteiger partial charge is 0.0941 e. The highest BCUT2D eigenvalue weighted by Gasteiger charge is 2.21. The second kappa shape index (κ2) is 6.14. The molecule has 1 unspecified atom stereocenters. The molecule has 17 heavy (non-hydrogen) atoms. The van der Waals surface area contributed by atoms with Gasteiger partial charge in [0.2, 0.25) is 0 Å². The highest BCUT2D eigenvalue weighted by atomic mass is 35.5. The summed E-state index contributed by atoms with van der Waals surface area (Å²) in [6.45, 7) is 6.94. The largest absolute Gasteiger partial charge is 0.304 e. The Morgan fingerprint density at radius 1 is 1.53 bits per heavy atom. The van der Waals surface area contributed by atoms with Crippen LogP contribution in [0.4, 0.5) is 0 Å². The van der Waals surface area contributed by atoms with Crippen LogP contribution in [0.5, 0.6) is 0 Å². The summed E-state index contributed by atoms with van der Waals surface area (Å²) in [6, 6.07) is 0.654. The van der Waals surface area contributed by atoms with E-state index in [4.69, 9.17) is 11.6 Å². The van der Waals surface area contributed by atoms with Gasteiger partial charge in [0.25, 0.3) is 0 Å². The molecule has 1 atom stereocenters. The molecular formula is C12H20ClN3S. The van der Waals surface area contributed by atoms with Gasteiger partial charge in [-0.05, 0) is 14.0 Å². The Morgan fingerprint density at radius 2 is 2.35 bits per heavy atom. The van der Waals surface area contributed by atoms with E-state index in [9.17, 15) is 0 Å². The predicted molar refractivity (Wildman–Crippen MR) is 73.9 cm³/mol. The summed E-state index contributed by atoms with van der Waals surface area (Å²) in [5.41, 5.74) is 1.01. The van der Waals surface area contributed by atoms with E-state index >= 15 is 0 Å². The van der Waals surface area contributed by atoms with Crippen LogP contribution in [-0.2, 0) is 12.3 Å². The molecule has 2 heterocycles. The maximum atomic E-state index is 5.76. The van der Waals surface area contributed by atoms with Crippen LogP contribution in [0.1, 0.15) is 17.6 Å². The van der Waals surface area contributed by atoms with Crippen LogP contribution in [0.15, 0.2) is 5.38 Å². The number of likely N-dealkylation sites (N-methyl/N-ethyl adjacent to an activating group) is 1. The fourth-order valence-electron chi connectivity index (χ4n) is 2.27. The fourth-order valence-corrected chi connectivity index (χ4v) is 3.29. The zero-order valence-electron chi connectivity index (χ0n) is 10.5. The number of hydrogen-bond donors (Lipinski definition) is 0. The van der Waals surface area contributed by atoms with Crippen molar-refractivity contribution < 1.29 is 0 Å². The Hall–Kier alpha value is -0.160. The van der Waals surface area contributed by atoms with E-state index in [1.807, 2.05) is 0 Å². The molecule has 96 valence electrons. The second-order valence-corrected chi connectivity index (χ2v) is 5.97. The van der Waals surface area contributed by atoms with Gasteiger partial charge in [0, 0.05) is 44.0 Å². The molecule has 1 aliphatic heterocycles. The van der Waals surface area contributed by atoms with Gasteiger partial charge in [0.1, 0.15) is 0 Å². The van der Waals surface area contributed by atoms with E-state index < -0.39 is 0 Å². The SMILES string of the molecule is CC1CN(C)CCN1CCc1nc(CCl)cs1. The molecule has 1 aliphatic rings. The Kier molecular flexibility index (Phi) is 4.79. The van der Waals surface area contributed by atoms with E-state index in [1.165, 1.54) is 24.6 Å². The molecule has 3 nitrogen and oxygen atoms in total. The van der Waals surface area contributed by atoms with Crippen molar-refractivity contribution >= 4 is 22.9 Å². The van der Waals surface area contributed by atoms with Gasteiger partial charge in [0.05, 0.1) is 16.6 Å². The van der Waals surface area contributed by atoms with Crippen LogP contribution in [0.2, 0.25) is 0 Å². The van der Waals surface area contributed by atoms with E-state index in [-0.39, 0.29) is 0 Å². The maximum Gasteiger partial charge on any atom is 0.0941 e. The van der Waals surface area contributed by atoms with E-state index in [1.54, 1.807) is 11.3 Å². The van der Waals surface area contributed by atoms with Crippen LogP contribution < -0.4 is 0 Å². The van der Waals surface area contributed by atoms with Crippen molar-refractivity contribution in [3.8, 4) is 0 Å². The number of nitrogens with zero attached hydrogens (tertiary/aromatic N) is 3. The van der Waals surface area contributed by atoms with Gasteiger partial charge in [-0.15, -0.1) is 22.9 Å². The predicted octanol–water partition coefficient (Wildman–Crippen LogP) is 2.06. The van der Waals surface area contributed by atoms with Crippen molar-refractivity contribution in [2.75, 3.05) is 33.2 Å². The summed E-state index contributed by atoms with van der Waals surface area (Å²) in [7, 11) is 2.20. The van der Waals surface area contributed by atoms with Gasteiger partial charge < -0.3 is 4.90 Å². The van der Waals surface area contributed by atoms with E-state index in [0.29, 0.717) is 11.9 Å². The average Bonchev–Trinajstić information content (AvgIpc) is 2.76. The molecule has 0 saturated carbocycles. The molecule has 1 saturated heterocycles. The van der Waals surface area contributed by atoms with Crippen molar-refractivity contribution in [1.82, 2.24) is 14.8 Å². The Labute approximate surface area is 112 Å². The first-order chi connectivity index (χ1) is 8.19. The molecule has 0 radical (unpaired) electrons. The van der Waals surface area contributed by atoms with Gasteiger partial charge in [-0.2, -0.15) is 0 Å². The third-order valence-electron chi connectivity index (χ3n) is 3.32. The summed E-state index contributed by atoms with van der Waals surface area (Å²) >= 11 is 7.49. The van der Waals surface area contributed by atoms with Gasteiger partial charge >= 0.3 is 0 Å². The van der Waals surface area contributed by atoms with Crippen LogP contribution in [0, 0.1) is 0 Å². The van der Waals surface area contributed by atoms with Gasteiger partial charge in [-0.3, -0.25) is 4.90 Å². The van der Waals surface area contributed by atoms with Crippen LogP contribution in [-0.4, -0.2) is 54.1 Å². The lowest BCUT2D eigenvalue weighted by Gasteiger charge is -2.38. The van der Waals surface area contributed by atoms with Crippen LogP contribution in [0.3, 0.4) is 0 Å². The third kappa shape index (κ3) is 3.65. The van der Waals surface area contributed by atoms with Crippen molar-refractivity contribution in [1.29, 1.82) is 0 Å². The lowest BCUT2D eigenvalue weighted by Crippen LogP contribution is -2.50. The lowest BCUT2D eigenvalue weighted by molar-refractivity contribution is 0.101. The van der Waals surface area contributed by atoms with Crippen LogP contribution in [0.25, 0.3) is 0 Å². The molecule has 1 aromatic rings. The van der Waals surface area contributed by atoms with Gasteiger partial charge in [-0.25, -0.2) is 4.98 Å². The third-order valence-corrected chi connectivity index (χ3v) is 4.55. The molecule has 0 N–H and O–H groups in total. The first-order valence-corrected chi connectivity index (χ1v) is 7.52. The van der Waals surface area contributed by atoms with Crippen molar-refractivity contribution in [3.63, 3.8) is 0 Å². The Balaban J connectivity index is 1.81. The monoisotopic (exact) mass is 273 g/mol. The van der Waals surface area contributed by atoms with Crippen LogP contribution >= 0.6 is 22.9 Å². The molecule has 0 aromatic carbocycles. The summed E-state index contributed by atoms with van der Waals surface area (Å²) in [6.07, 6.45) is 1.05. The molecule has 0 spiro atoms. The van der Waals surface area contributed by atoms with E-state index in [0.717, 1.165) is 18.7 Å². The number of aromatic nitrogens is 1. The standard InChI is InChI=1S/C12H20ClN3S/c1-10-8-15(2)5-6-16(10)4-3-12-14-11(7-13)9-17-12/h9-10H,3-8H2,1-2H3. The molecule has 0 bridgehead atoms. The topological polar surface area (TPSA) is 19.4 Å². The lowest BCUT2D eigenvalue weighted by atomic mass is 10.2. The second-order valence-electron chi connectivity index (χ2n) is 4.76. The molecular weight excluding hydrogens is 254 g/mol. The minimum absolute atomic E-state index is 0.529. The number of thiazole rings is 1. The normalized spacial score (nSPS) is 23.1. The minimum Gasteiger partial charge on any atom is -0.304 e. The van der Waals surface area contributed by atoms with Crippen molar-refractivity contribution in [2.45, 2.75) is 25.3 Å². The highest BCUT2D eigenvalue weighted by molar-refractivity contribution is 7.09. The number of hydrogen-bond acceptors (Lipinski definition) is 4. The Bertz CT molecular complexity index is 355. The first-order valence-electron chi connectivity index (χ1n) is 6.11. The Morgan fingerprint density at radius 3 is 3.00 bits per heavy atom. The van der Waals surface area contributed by atoms with Crippen molar-refractivity contribution in [3.05, 3.63) is 16.1 Å². The molecule has 0 amide bonds. The maximum absolute atomic E-state index is 5.76. The summed E-state index contributed by atoms with van der Waals surface area (Å²) < 4.78 is 0. The van der Waals surface area contributed by atoms with Gasteiger partial charge in [-0.1, -0.05) is 0 Å². The summed E-state index contributed by atoms with van der Waals surface area (Å²) in [4.78, 5) is 9.46. The molecule has 2 rings (SSSR count). The number of alkyl halides is 1.